The molecule has 1 saturated heterocycles. The molecule has 2 aromatic rings. The van der Waals surface area contributed by atoms with Gasteiger partial charge in [0, 0.05) is 32.2 Å². The number of rotatable bonds is 3. The molecular formula is C19H20ClN3O. The highest BCUT2D eigenvalue weighted by atomic mass is 35.5. The maximum Gasteiger partial charge on any atom is 0.260 e. The van der Waals surface area contributed by atoms with Gasteiger partial charge in [0.2, 0.25) is 5.96 Å². The molecule has 1 aliphatic rings. The molecule has 3 rings (SSSR count). The molecule has 1 unspecified atom stereocenters. The Morgan fingerprint density at radius 2 is 1.50 bits per heavy atom. The van der Waals surface area contributed by atoms with Gasteiger partial charge in [-0.15, -0.1) is 0 Å². The lowest BCUT2D eigenvalue weighted by molar-refractivity contribution is -0.118. The van der Waals surface area contributed by atoms with E-state index in [9.17, 15) is 4.79 Å². The number of carbonyl (C=O) groups is 1. The van der Waals surface area contributed by atoms with Crippen LogP contribution in [0.5, 0.6) is 0 Å². The topological polar surface area (TPSA) is 35.9 Å². The van der Waals surface area contributed by atoms with Crippen LogP contribution in [0.2, 0.25) is 5.02 Å². The van der Waals surface area contributed by atoms with E-state index in [-0.39, 0.29) is 5.91 Å². The fourth-order valence-electron chi connectivity index (χ4n) is 2.90. The molecule has 1 amide bonds. The highest BCUT2D eigenvalue weighted by Crippen LogP contribution is 2.27. The van der Waals surface area contributed by atoms with Gasteiger partial charge < -0.3 is 9.80 Å². The first-order valence-electron chi connectivity index (χ1n) is 7.91. The van der Waals surface area contributed by atoms with Crippen LogP contribution in [-0.2, 0) is 4.79 Å². The van der Waals surface area contributed by atoms with Crippen LogP contribution in [0.25, 0.3) is 0 Å². The molecule has 0 radical (unpaired) electrons. The molecule has 1 atom stereocenters. The molecule has 0 aliphatic carbocycles. The minimum absolute atomic E-state index is 0.167. The Labute approximate surface area is 147 Å². The summed E-state index contributed by atoms with van der Waals surface area (Å²) >= 11 is 5.99. The third-order valence-corrected chi connectivity index (χ3v) is 4.50. The molecule has 0 N–H and O–H groups in total. The van der Waals surface area contributed by atoms with E-state index < -0.39 is 5.92 Å². The van der Waals surface area contributed by atoms with E-state index in [0.29, 0.717) is 5.02 Å². The third-order valence-electron chi connectivity index (χ3n) is 4.25. The van der Waals surface area contributed by atoms with Gasteiger partial charge in [-0.25, -0.2) is 0 Å². The number of carbonyl (C=O) groups excluding carboxylic acids is 1. The van der Waals surface area contributed by atoms with E-state index in [0.717, 1.165) is 30.2 Å². The van der Waals surface area contributed by atoms with E-state index in [2.05, 4.69) is 4.99 Å². The number of aliphatic imine (C=N–C) groups is 1. The molecule has 0 aromatic heterocycles. The van der Waals surface area contributed by atoms with Gasteiger partial charge in [0.25, 0.3) is 5.91 Å². The van der Waals surface area contributed by atoms with Gasteiger partial charge in [-0.1, -0.05) is 54.1 Å². The molecule has 1 fully saturated rings. The van der Waals surface area contributed by atoms with Crippen LogP contribution in [0.15, 0.2) is 59.6 Å². The van der Waals surface area contributed by atoms with Gasteiger partial charge in [-0.3, -0.25) is 4.79 Å². The zero-order valence-corrected chi connectivity index (χ0v) is 14.6. The van der Waals surface area contributed by atoms with Gasteiger partial charge >= 0.3 is 0 Å². The number of hydrogen-bond donors (Lipinski definition) is 0. The normalized spacial score (nSPS) is 15.5. The number of guanidine groups is 1. The second-order valence-electron chi connectivity index (χ2n) is 5.99. The summed E-state index contributed by atoms with van der Waals surface area (Å²) in [6.07, 6.45) is 0. The molecule has 0 bridgehead atoms. The Balaban J connectivity index is 2.00. The Morgan fingerprint density at radius 1 is 0.958 bits per heavy atom. The zero-order chi connectivity index (χ0) is 17.1. The molecule has 0 saturated carbocycles. The third kappa shape index (κ3) is 3.44. The molecule has 0 spiro atoms. The van der Waals surface area contributed by atoms with Crippen LogP contribution in [0, 0.1) is 0 Å². The van der Waals surface area contributed by atoms with Gasteiger partial charge in [-0.05, 0) is 23.3 Å². The minimum Gasteiger partial charge on any atom is -0.344 e. The summed E-state index contributed by atoms with van der Waals surface area (Å²) < 4.78 is 0. The van der Waals surface area contributed by atoms with E-state index in [1.807, 2.05) is 66.4 Å². The highest BCUT2D eigenvalue weighted by molar-refractivity contribution is 6.30. The second-order valence-corrected chi connectivity index (χ2v) is 6.42. The smallest absolute Gasteiger partial charge is 0.260 e. The molecule has 1 aliphatic heterocycles. The summed E-state index contributed by atoms with van der Waals surface area (Å²) in [6.45, 7) is 1.75. The lowest BCUT2D eigenvalue weighted by atomic mass is 9.91. The minimum atomic E-state index is -0.432. The maximum absolute atomic E-state index is 13.0. The lowest BCUT2D eigenvalue weighted by Crippen LogP contribution is -2.30. The summed E-state index contributed by atoms with van der Waals surface area (Å²) in [6, 6.07) is 17.1. The maximum atomic E-state index is 13.0. The van der Waals surface area contributed by atoms with Crippen molar-refractivity contribution in [3.63, 3.8) is 0 Å². The van der Waals surface area contributed by atoms with E-state index in [4.69, 9.17) is 11.6 Å². The first-order valence-corrected chi connectivity index (χ1v) is 8.29. The van der Waals surface area contributed by atoms with Crippen molar-refractivity contribution in [2.24, 2.45) is 4.99 Å². The Kier molecular flexibility index (Phi) is 4.86. The fraction of sp³-hybridized carbons (Fsp3) is 0.263. The molecule has 4 nitrogen and oxygen atoms in total. The molecule has 5 heteroatoms. The average molecular weight is 342 g/mol. The largest absolute Gasteiger partial charge is 0.344 e. The molecule has 1 heterocycles. The van der Waals surface area contributed by atoms with Crippen molar-refractivity contribution in [2.45, 2.75) is 5.92 Å². The van der Waals surface area contributed by atoms with Crippen molar-refractivity contribution < 1.29 is 4.79 Å². The van der Waals surface area contributed by atoms with E-state index >= 15 is 0 Å². The molecular weight excluding hydrogens is 322 g/mol. The number of amides is 1. The summed E-state index contributed by atoms with van der Waals surface area (Å²) in [5.74, 6) is 0.118. The van der Waals surface area contributed by atoms with E-state index in [1.54, 1.807) is 12.1 Å². The predicted octanol–water partition coefficient (Wildman–Crippen LogP) is 3.23. The first-order chi connectivity index (χ1) is 11.6. The Bertz CT molecular complexity index is 731. The monoisotopic (exact) mass is 341 g/mol. The number of likely N-dealkylation sites (N-methyl/N-ethyl adjacent to an activating group) is 2. The lowest BCUT2D eigenvalue weighted by Gasteiger charge is -2.18. The summed E-state index contributed by atoms with van der Waals surface area (Å²) in [4.78, 5) is 21.4. The SMILES string of the molecule is CN1CCN(C)C1=NC(=O)C(c1ccccc1)c1ccc(Cl)cc1. The number of hydrogen-bond acceptors (Lipinski definition) is 1. The summed E-state index contributed by atoms with van der Waals surface area (Å²) in [7, 11) is 3.91. The highest BCUT2D eigenvalue weighted by Gasteiger charge is 2.26. The quantitative estimate of drug-likeness (QED) is 0.860. The second kappa shape index (κ2) is 7.05. The zero-order valence-electron chi connectivity index (χ0n) is 13.8. The van der Waals surface area contributed by atoms with Crippen LogP contribution < -0.4 is 0 Å². The fourth-order valence-corrected chi connectivity index (χ4v) is 3.03. The van der Waals surface area contributed by atoms with Crippen LogP contribution in [0.3, 0.4) is 0 Å². The summed E-state index contributed by atoms with van der Waals surface area (Å²) in [5, 5.41) is 0.652. The van der Waals surface area contributed by atoms with Crippen molar-refractivity contribution in [2.75, 3.05) is 27.2 Å². The Hall–Kier alpha value is -2.33. The van der Waals surface area contributed by atoms with E-state index in [1.165, 1.54) is 0 Å². The van der Waals surface area contributed by atoms with Gasteiger partial charge in [-0.2, -0.15) is 4.99 Å². The van der Waals surface area contributed by atoms with Gasteiger partial charge in [0.05, 0.1) is 5.92 Å². The van der Waals surface area contributed by atoms with Crippen molar-refractivity contribution in [3.05, 3.63) is 70.7 Å². The first kappa shape index (κ1) is 16.5. The van der Waals surface area contributed by atoms with Crippen molar-refractivity contribution >= 4 is 23.5 Å². The average Bonchev–Trinajstić information content (AvgIpc) is 2.90. The summed E-state index contributed by atoms with van der Waals surface area (Å²) in [5.41, 5.74) is 1.82. The van der Waals surface area contributed by atoms with Crippen LogP contribution in [-0.4, -0.2) is 48.9 Å². The number of benzene rings is 2. The number of halogens is 1. The Morgan fingerprint density at radius 3 is 2.08 bits per heavy atom. The molecule has 24 heavy (non-hydrogen) atoms. The molecule has 124 valence electrons. The number of nitrogens with zero attached hydrogens (tertiary/aromatic N) is 3. The van der Waals surface area contributed by atoms with Crippen molar-refractivity contribution in [3.8, 4) is 0 Å². The standard InChI is InChI=1S/C19H20ClN3O/c1-22-12-13-23(2)19(22)21-18(24)17(14-6-4-3-5-7-14)15-8-10-16(20)11-9-15/h3-11,17H,12-13H2,1-2H3. The van der Waals surface area contributed by atoms with Crippen molar-refractivity contribution in [1.82, 2.24) is 9.80 Å². The van der Waals surface area contributed by atoms with Crippen LogP contribution >= 0.6 is 11.6 Å². The molecule has 2 aromatic carbocycles. The van der Waals surface area contributed by atoms with Crippen LogP contribution in [0.4, 0.5) is 0 Å². The van der Waals surface area contributed by atoms with Gasteiger partial charge in [0.1, 0.15) is 0 Å². The van der Waals surface area contributed by atoms with Crippen LogP contribution in [0.1, 0.15) is 17.0 Å². The van der Waals surface area contributed by atoms with Gasteiger partial charge in [0.15, 0.2) is 0 Å². The predicted molar refractivity (Wildman–Crippen MR) is 97.4 cm³/mol. The van der Waals surface area contributed by atoms with Crippen molar-refractivity contribution in [1.29, 1.82) is 0 Å².